The van der Waals surface area contributed by atoms with Crippen LogP contribution < -0.4 is 4.90 Å². The molecule has 0 N–H and O–H groups in total. The molecule has 2 aromatic heterocycles. The number of anilines is 1. The lowest BCUT2D eigenvalue weighted by Crippen LogP contribution is -2.49. The van der Waals surface area contributed by atoms with Crippen LogP contribution in [0, 0.1) is 24.0 Å². The Hall–Kier alpha value is -3.31. The summed E-state index contributed by atoms with van der Waals surface area (Å²) in [6.07, 6.45) is 1.71. The maximum atomic E-state index is 13.0. The Morgan fingerprint density at radius 1 is 1.03 bits per heavy atom. The molecule has 3 heterocycles. The lowest BCUT2D eigenvalue weighted by atomic mass is 10.2. The molecule has 10 nitrogen and oxygen atoms in total. The van der Waals surface area contributed by atoms with Crippen LogP contribution in [0.15, 0.2) is 53.6 Å². The summed E-state index contributed by atoms with van der Waals surface area (Å²) in [6.45, 7) is 5.43. The number of aryl methyl sites for hydroxylation is 1. The molecule has 1 fully saturated rings. The van der Waals surface area contributed by atoms with E-state index in [0.717, 1.165) is 29.0 Å². The van der Waals surface area contributed by atoms with E-state index in [4.69, 9.17) is 0 Å². The Kier molecular flexibility index (Phi) is 5.46. The Balaban J connectivity index is 1.54. The van der Waals surface area contributed by atoms with Crippen LogP contribution in [0.4, 0.5) is 11.4 Å². The van der Waals surface area contributed by atoms with Crippen molar-refractivity contribution in [1.29, 1.82) is 0 Å². The fourth-order valence-electron chi connectivity index (χ4n) is 3.85. The van der Waals surface area contributed by atoms with E-state index < -0.39 is 14.9 Å². The molecule has 162 valence electrons. The highest BCUT2D eigenvalue weighted by molar-refractivity contribution is 7.89. The number of nitrogens with zero attached hydrogens (tertiary/aromatic N) is 6. The Bertz CT molecular complexity index is 1220. The number of benzene rings is 1. The van der Waals surface area contributed by atoms with Crippen LogP contribution in [0.1, 0.15) is 11.4 Å². The predicted octanol–water partition coefficient (Wildman–Crippen LogP) is 2.30. The molecular formula is C20H22N6O4S. The summed E-state index contributed by atoms with van der Waals surface area (Å²) < 4.78 is 29.1. The lowest BCUT2D eigenvalue weighted by molar-refractivity contribution is -0.385. The minimum Gasteiger partial charge on any atom is -0.366 e. The van der Waals surface area contributed by atoms with Gasteiger partial charge in [0.15, 0.2) is 5.82 Å². The maximum Gasteiger partial charge on any atom is 0.270 e. The summed E-state index contributed by atoms with van der Waals surface area (Å²) in [5.41, 5.74) is 2.51. The van der Waals surface area contributed by atoms with E-state index in [0.29, 0.717) is 13.1 Å². The summed E-state index contributed by atoms with van der Waals surface area (Å²) in [5, 5.41) is 15.6. The molecule has 0 radical (unpaired) electrons. The average Bonchev–Trinajstić information content (AvgIpc) is 3.08. The molecule has 3 aromatic rings. The Morgan fingerprint density at radius 2 is 1.77 bits per heavy atom. The summed E-state index contributed by atoms with van der Waals surface area (Å²) in [4.78, 5) is 16.8. The third kappa shape index (κ3) is 3.89. The quantitative estimate of drug-likeness (QED) is 0.440. The normalized spacial score (nSPS) is 15.2. The zero-order valence-electron chi connectivity index (χ0n) is 17.2. The molecule has 1 saturated heterocycles. The van der Waals surface area contributed by atoms with Crippen molar-refractivity contribution < 1.29 is 13.3 Å². The van der Waals surface area contributed by atoms with Gasteiger partial charge in [-0.2, -0.15) is 9.40 Å². The number of hydrogen-bond acceptors (Lipinski definition) is 7. The molecular weight excluding hydrogens is 420 g/mol. The largest absolute Gasteiger partial charge is 0.366 e. The second kappa shape index (κ2) is 8.08. The fraction of sp³-hybridized carbons (Fsp3) is 0.300. The van der Waals surface area contributed by atoms with E-state index in [1.54, 1.807) is 10.9 Å². The number of hydrogen-bond donors (Lipinski definition) is 0. The molecule has 0 unspecified atom stereocenters. The number of nitro groups is 1. The van der Waals surface area contributed by atoms with Gasteiger partial charge in [-0.15, -0.1) is 0 Å². The first kappa shape index (κ1) is 20.9. The first-order chi connectivity index (χ1) is 14.8. The number of non-ortho nitro benzene ring substituents is 1. The van der Waals surface area contributed by atoms with Gasteiger partial charge in [-0.25, -0.2) is 18.1 Å². The summed E-state index contributed by atoms with van der Waals surface area (Å²) in [6, 6.07) is 10.8. The van der Waals surface area contributed by atoms with E-state index in [-0.39, 0.29) is 23.7 Å². The van der Waals surface area contributed by atoms with Crippen molar-refractivity contribution >= 4 is 21.4 Å². The standard InChI is InChI=1S/C20H22N6O4S/c1-15-20(16(2)25(22-15)19-8-3-4-9-21-19)23-10-12-24(13-11-23)31(29,30)18-7-5-6-17(14-18)26(27)28/h3-9,14H,10-13H2,1-2H3. The van der Waals surface area contributed by atoms with Crippen LogP contribution in [-0.4, -0.2) is 58.6 Å². The van der Waals surface area contributed by atoms with Gasteiger partial charge in [0.25, 0.3) is 5.69 Å². The third-order valence-electron chi connectivity index (χ3n) is 5.34. The van der Waals surface area contributed by atoms with Gasteiger partial charge in [0, 0.05) is 44.5 Å². The van der Waals surface area contributed by atoms with Gasteiger partial charge in [0.2, 0.25) is 10.0 Å². The minimum absolute atomic E-state index is 0.0644. The molecule has 0 spiro atoms. The number of sulfonamides is 1. The van der Waals surface area contributed by atoms with Crippen LogP contribution in [0.3, 0.4) is 0 Å². The van der Waals surface area contributed by atoms with Crippen LogP contribution in [0.25, 0.3) is 5.82 Å². The van der Waals surface area contributed by atoms with E-state index in [1.807, 2.05) is 32.0 Å². The van der Waals surface area contributed by atoms with E-state index in [1.165, 1.54) is 22.5 Å². The second-order valence-electron chi connectivity index (χ2n) is 7.26. The van der Waals surface area contributed by atoms with Gasteiger partial charge in [0.05, 0.1) is 26.9 Å². The van der Waals surface area contributed by atoms with Gasteiger partial charge in [-0.3, -0.25) is 10.1 Å². The maximum absolute atomic E-state index is 13.0. The highest BCUT2D eigenvalue weighted by Crippen LogP contribution is 2.29. The van der Waals surface area contributed by atoms with Crippen molar-refractivity contribution in [2.45, 2.75) is 18.7 Å². The highest BCUT2D eigenvalue weighted by atomic mass is 32.2. The molecule has 1 aliphatic rings. The first-order valence-corrected chi connectivity index (χ1v) is 11.2. The van der Waals surface area contributed by atoms with Crippen molar-refractivity contribution in [2.24, 2.45) is 0 Å². The Morgan fingerprint density at radius 3 is 2.42 bits per heavy atom. The van der Waals surface area contributed by atoms with Crippen LogP contribution in [0.5, 0.6) is 0 Å². The molecule has 0 aliphatic carbocycles. The molecule has 0 atom stereocenters. The minimum atomic E-state index is -3.81. The molecule has 31 heavy (non-hydrogen) atoms. The van der Waals surface area contributed by atoms with Gasteiger partial charge >= 0.3 is 0 Å². The Labute approximate surface area is 179 Å². The van der Waals surface area contributed by atoms with E-state index in [2.05, 4.69) is 15.0 Å². The molecule has 0 amide bonds. The average molecular weight is 443 g/mol. The highest BCUT2D eigenvalue weighted by Gasteiger charge is 2.31. The fourth-order valence-corrected chi connectivity index (χ4v) is 5.32. The van der Waals surface area contributed by atoms with Crippen molar-refractivity contribution in [2.75, 3.05) is 31.1 Å². The van der Waals surface area contributed by atoms with Crippen molar-refractivity contribution in [3.8, 4) is 5.82 Å². The number of aromatic nitrogens is 3. The summed E-state index contributed by atoms with van der Waals surface area (Å²) in [7, 11) is -3.81. The van der Waals surface area contributed by atoms with Gasteiger partial charge in [0.1, 0.15) is 0 Å². The molecule has 11 heteroatoms. The van der Waals surface area contributed by atoms with Gasteiger partial charge in [-0.05, 0) is 32.0 Å². The molecule has 1 aromatic carbocycles. The van der Waals surface area contributed by atoms with Crippen molar-refractivity contribution in [3.63, 3.8) is 0 Å². The second-order valence-corrected chi connectivity index (χ2v) is 9.20. The number of piperazine rings is 1. The number of nitro benzene ring substituents is 1. The van der Waals surface area contributed by atoms with Crippen molar-refractivity contribution in [3.05, 3.63) is 70.2 Å². The zero-order valence-corrected chi connectivity index (χ0v) is 18.0. The van der Waals surface area contributed by atoms with Crippen molar-refractivity contribution in [1.82, 2.24) is 19.1 Å². The predicted molar refractivity (Wildman–Crippen MR) is 115 cm³/mol. The number of rotatable bonds is 5. The molecule has 0 bridgehead atoms. The third-order valence-corrected chi connectivity index (χ3v) is 7.24. The number of pyridine rings is 1. The molecule has 1 aliphatic heterocycles. The SMILES string of the molecule is Cc1nn(-c2ccccn2)c(C)c1N1CCN(S(=O)(=O)c2cccc([N+](=O)[O-])c2)CC1. The first-order valence-electron chi connectivity index (χ1n) is 9.76. The molecule has 0 saturated carbocycles. The topological polar surface area (TPSA) is 114 Å². The summed E-state index contributed by atoms with van der Waals surface area (Å²) in [5.74, 6) is 0.723. The van der Waals surface area contributed by atoms with Crippen LogP contribution in [-0.2, 0) is 10.0 Å². The summed E-state index contributed by atoms with van der Waals surface area (Å²) >= 11 is 0. The van der Waals surface area contributed by atoms with E-state index in [9.17, 15) is 18.5 Å². The van der Waals surface area contributed by atoms with Gasteiger partial charge < -0.3 is 4.90 Å². The van der Waals surface area contributed by atoms with Crippen LogP contribution >= 0.6 is 0 Å². The van der Waals surface area contributed by atoms with Gasteiger partial charge in [-0.1, -0.05) is 12.1 Å². The van der Waals surface area contributed by atoms with Crippen LogP contribution in [0.2, 0.25) is 0 Å². The van der Waals surface area contributed by atoms with E-state index >= 15 is 0 Å². The molecule has 4 rings (SSSR count). The zero-order chi connectivity index (χ0) is 22.2. The smallest absolute Gasteiger partial charge is 0.270 e. The lowest BCUT2D eigenvalue weighted by Gasteiger charge is -2.35. The monoisotopic (exact) mass is 442 g/mol.